The van der Waals surface area contributed by atoms with Crippen molar-refractivity contribution in [2.24, 2.45) is 11.5 Å². The third-order valence-electron chi connectivity index (χ3n) is 4.81. The van der Waals surface area contributed by atoms with Crippen LogP contribution in [0, 0.1) is 0 Å². The average molecular weight is 498 g/mol. The number of nitrogens with one attached hydrogen (secondary N) is 3. The van der Waals surface area contributed by atoms with E-state index in [9.17, 15) is 29.1 Å². The standard InChI is InChI=1S/C21H31N5O7S/c1-11(27)17(20(31)25-15(10-34)21(32)33)26-19(30)14(7-8-16(23)28)24-18(29)13(22)9-12-5-3-2-4-6-12/h2-6,11,13-15,17,27,34H,7-10,22H2,1H3,(H2,23,28)(H,24,29)(H,25,31)(H,26,30)(H,32,33). The van der Waals surface area contributed by atoms with Gasteiger partial charge in [-0.3, -0.25) is 19.2 Å². The van der Waals surface area contributed by atoms with Gasteiger partial charge in [-0.1, -0.05) is 30.3 Å². The maximum Gasteiger partial charge on any atom is 0.327 e. The summed E-state index contributed by atoms with van der Waals surface area (Å²) in [7, 11) is 0. The highest BCUT2D eigenvalue weighted by Crippen LogP contribution is 2.05. The number of benzene rings is 1. The number of thiol groups is 1. The summed E-state index contributed by atoms with van der Waals surface area (Å²) < 4.78 is 0. The summed E-state index contributed by atoms with van der Waals surface area (Å²) in [4.78, 5) is 60.2. The highest BCUT2D eigenvalue weighted by molar-refractivity contribution is 7.80. The number of amides is 4. The molecule has 1 aromatic carbocycles. The van der Waals surface area contributed by atoms with Crippen molar-refractivity contribution >= 4 is 42.2 Å². The first-order chi connectivity index (χ1) is 16.0. The number of aliphatic hydroxyl groups excluding tert-OH is 1. The molecule has 0 radical (unpaired) electrons. The van der Waals surface area contributed by atoms with Crippen molar-refractivity contribution in [3.8, 4) is 0 Å². The molecule has 0 aliphatic rings. The molecule has 0 aliphatic heterocycles. The largest absolute Gasteiger partial charge is 0.480 e. The van der Waals surface area contributed by atoms with Crippen LogP contribution in [-0.4, -0.2) is 75.8 Å². The molecule has 0 bridgehead atoms. The SMILES string of the molecule is CC(O)C(NC(=O)C(CCC(N)=O)NC(=O)C(N)Cc1ccccc1)C(=O)NC(CS)C(=O)O. The molecule has 0 fully saturated rings. The van der Waals surface area contributed by atoms with Crippen LogP contribution in [0.1, 0.15) is 25.3 Å². The Morgan fingerprint density at radius 1 is 0.971 bits per heavy atom. The van der Waals surface area contributed by atoms with Gasteiger partial charge < -0.3 is 37.6 Å². The molecular formula is C21H31N5O7S. The van der Waals surface area contributed by atoms with Crippen molar-refractivity contribution < 1.29 is 34.2 Å². The molecule has 5 atom stereocenters. The van der Waals surface area contributed by atoms with Crippen LogP contribution in [0.5, 0.6) is 0 Å². The fraction of sp³-hybridized carbons (Fsp3) is 0.476. The summed E-state index contributed by atoms with van der Waals surface area (Å²) >= 11 is 3.84. The highest BCUT2D eigenvalue weighted by Gasteiger charge is 2.32. The van der Waals surface area contributed by atoms with Crippen LogP contribution >= 0.6 is 12.6 Å². The molecule has 188 valence electrons. The molecule has 12 nitrogen and oxygen atoms in total. The second kappa shape index (κ2) is 14.2. The lowest BCUT2D eigenvalue weighted by Gasteiger charge is -2.26. The van der Waals surface area contributed by atoms with Crippen molar-refractivity contribution in [1.29, 1.82) is 0 Å². The van der Waals surface area contributed by atoms with Gasteiger partial charge >= 0.3 is 5.97 Å². The lowest BCUT2D eigenvalue weighted by molar-refractivity contribution is -0.142. The Balaban J connectivity index is 2.93. The molecule has 4 amide bonds. The Kier molecular flexibility index (Phi) is 12.0. The van der Waals surface area contributed by atoms with E-state index in [4.69, 9.17) is 16.6 Å². The molecular weight excluding hydrogens is 466 g/mol. The first-order valence-electron chi connectivity index (χ1n) is 10.5. The number of carboxylic acid groups (broad SMARTS) is 1. The Morgan fingerprint density at radius 2 is 1.56 bits per heavy atom. The van der Waals surface area contributed by atoms with E-state index in [1.165, 1.54) is 6.92 Å². The van der Waals surface area contributed by atoms with Crippen LogP contribution in [0.15, 0.2) is 30.3 Å². The first-order valence-corrected chi connectivity index (χ1v) is 11.1. The molecule has 13 heteroatoms. The number of carbonyl (C=O) groups excluding carboxylic acids is 4. The number of carboxylic acids is 1. The fourth-order valence-electron chi connectivity index (χ4n) is 2.90. The zero-order chi connectivity index (χ0) is 25.8. The molecule has 0 aliphatic carbocycles. The van der Waals surface area contributed by atoms with Crippen molar-refractivity contribution in [2.75, 3.05) is 5.75 Å². The maximum atomic E-state index is 12.8. The third-order valence-corrected chi connectivity index (χ3v) is 5.17. The summed E-state index contributed by atoms with van der Waals surface area (Å²) in [6.07, 6.45) is -1.66. The molecule has 1 rings (SSSR count). The molecule has 0 heterocycles. The predicted octanol–water partition coefficient (Wildman–Crippen LogP) is -2.33. The second-order valence-corrected chi connectivity index (χ2v) is 8.04. The minimum Gasteiger partial charge on any atom is -0.480 e. The fourth-order valence-corrected chi connectivity index (χ4v) is 3.15. The van der Waals surface area contributed by atoms with E-state index in [1.54, 1.807) is 24.3 Å². The molecule has 0 aromatic heterocycles. The summed E-state index contributed by atoms with van der Waals surface area (Å²) in [5.41, 5.74) is 11.9. The average Bonchev–Trinajstić information content (AvgIpc) is 2.77. The van der Waals surface area contributed by atoms with Crippen LogP contribution < -0.4 is 27.4 Å². The molecule has 0 saturated carbocycles. The Labute approximate surface area is 202 Å². The minimum absolute atomic E-state index is 0.187. The smallest absolute Gasteiger partial charge is 0.327 e. The van der Waals surface area contributed by atoms with Gasteiger partial charge in [-0.2, -0.15) is 12.6 Å². The number of rotatable bonds is 14. The van der Waals surface area contributed by atoms with Gasteiger partial charge in [0.05, 0.1) is 12.1 Å². The molecule has 0 saturated heterocycles. The van der Waals surface area contributed by atoms with Gasteiger partial charge in [-0.25, -0.2) is 4.79 Å². The van der Waals surface area contributed by atoms with Gasteiger partial charge in [-0.15, -0.1) is 0 Å². The number of nitrogens with two attached hydrogens (primary N) is 2. The van der Waals surface area contributed by atoms with Crippen molar-refractivity contribution in [2.45, 2.75) is 56.5 Å². The van der Waals surface area contributed by atoms with E-state index in [2.05, 4.69) is 28.6 Å². The summed E-state index contributed by atoms with van der Waals surface area (Å²) in [6.45, 7) is 1.22. The zero-order valence-electron chi connectivity index (χ0n) is 18.6. The van der Waals surface area contributed by atoms with E-state index in [0.717, 1.165) is 5.56 Å². The van der Waals surface area contributed by atoms with Gasteiger partial charge in [-0.05, 0) is 25.3 Å². The lowest BCUT2D eigenvalue weighted by Crippen LogP contribution is -2.60. The number of primary amides is 1. The normalized spacial score (nSPS) is 15.2. The minimum atomic E-state index is -1.54. The first kappa shape index (κ1) is 28.9. The Hall–Kier alpha value is -3.16. The molecule has 9 N–H and O–H groups in total. The maximum absolute atomic E-state index is 12.8. The van der Waals surface area contributed by atoms with Gasteiger partial charge in [0, 0.05) is 12.2 Å². The topological polar surface area (TPSA) is 214 Å². The number of aliphatic carboxylic acids is 1. The van der Waals surface area contributed by atoms with Crippen LogP contribution in [0.2, 0.25) is 0 Å². The number of aliphatic hydroxyl groups is 1. The van der Waals surface area contributed by atoms with Gasteiger partial charge in [0.25, 0.3) is 0 Å². The van der Waals surface area contributed by atoms with Gasteiger partial charge in [0.15, 0.2) is 0 Å². The second-order valence-electron chi connectivity index (χ2n) is 7.67. The summed E-state index contributed by atoms with van der Waals surface area (Å²) in [5.74, 6) is -4.82. The van der Waals surface area contributed by atoms with Crippen molar-refractivity contribution in [3.63, 3.8) is 0 Å². The van der Waals surface area contributed by atoms with Crippen molar-refractivity contribution in [1.82, 2.24) is 16.0 Å². The third kappa shape index (κ3) is 9.77. The monoisotopic (exact) mass is 497 g/mol. The predicted molar refractivity (Wildman–Crippen MR) is 126 cm³/mol. The van der Waals surface area contributed by atoms with E-state index in [0.29, 0.717) is 0 Å². The van der Waals surface area contributed by atoms with Crippen LogP contribution in [0.3, 0.4) is 0 Å². The summed E-state index contributed by atoms with van der Waals surface area (Å²) in [6, 6.07) is 3.75. The van der Waals surface area contributed by atoms with E-state index in [-0.39, 0.29) is 25.0 Å². The van der Waals surface area contributed by atoms with Gasteiger partial charge in [0.2, 0.25) is 23.6 Å². The highest BCUT2D eigenvalue weighted by atomic mass is 32.1. The Morgan fingerprint density at radius 3 is 2.06 bits per heavy atom. The number of hydrogen-bond acceptors (Lipinski definition) is 8. The van der Waals surface area contributed by atoms with E-state index >= 15 is 0 Å². The molecule has 0 spiro atoms. The number of carbonyl (C=O) groups is 5. The van der Waals surface area contributed by atoms with Crippen LogP contribution in [-0.2, 0) is 30.4 Å². The van der Waals surface area contributed by atoms with Crippen LogP contribution in [0.4, 0.5) is 0 Å². The number of hydrogen-bond donors (Lipinski definition) is 8. The molecule has 5 unspecified atom stereocenters. The van der Waals surface area contributed by atoms with Crippen LogP contribution in [0.25, 0.3) is 0 Å². The van der Waals surface area contributed by atoms with Gasteiger partial charge in [0.1, 0.15) is 18.1 Å². The van der Waals surface area contributed by atoms with E-state index in [1.807, 2.05) is 6.07 Å². The lowest BCUT2D eigenvalue weighted by atomic mass is 10.0. The summed E-state index contributed by atoms with van der Waals surface area (Å²) in [5, 5.41) is 25.9. The molecule has 34 heavy (non-hydrogen) atoms. The zero-order valence-corrected chi connectivity index (χ0v) is 19.5. The Bertz CT molecular complexity index is 868. The van der Waals surface area contributed by atoms with E-state index < -0.39 is 59.9 Å². The molecule has 1 aromatic rings. The quantitative estimate of drug-likeness (QED) is 0.130. The van der Waals surface area contributed by atoms with Crippen molar-refractivity contribution in [3.05, 3.63) is 35.9 Å².